The Morgan fingerprint density at radius 1 is 1.11 bits per heavy atom. The number of nitrogens with two attached hydrogens (primary N) is 2. The summed E-state index contributed by atoms with van der Waals surface area (Å²) >= 11 is 0.784. The molecule has 2 aromatic heterocycles. The first-order valence-electron chi connectivity index (χ1n) is 12.0. The number of carbonyl (C=O) groups is 3. The third kappa shape index (κ3) is 5.34. The van der Waals surface area contributed by atoms with Crippen LogP contribution in [0.2, 0.25) is 0 Å². The van der Waals surface area contributed by atoms with E-state index in [0.717, 1.165) is 34.4 Å². The van der Waals surface area contributed by atoms with Crippen LogP contribution in [0.15, 0.2) is 54.7 Å². The number of aromatic nitrogens is 2. The molecule has 0 unspecified atom stereocenters. The van der Waals surface area contributed by atoms with E-state index in [-0.39, 0.29) is 22.2 Å². The van der Waals surface area contributed by atoms with Crippen LogP contribution in [-0.4, -0.2) is 33.6 Å². The van der Waals surface area contributed by atoms with Gasteiger partial charge in [0.15, 0.2) is 5.69 Å². The number of benzene rings is 2. The second-order valence-electron chi connectivity index (χ2n) is 9.31. The second kappa shape index (κ2) is 10.8. The molecule has 1 atom stereocenters. The minimum atomic E-state index is -1.03. The first kappa shape index (κ1) is 25.9. The van der Waals surface area contributed by atoms with Crippen molar-refractivity contribution in [1.82, 2.24) is 14.7 Å². The number of rotatable bonds is 9. The Morgan fingerprint density at radius 2 is 1.81 bits per heavy atom. The predicted molar refractivity (Wildman–Crippen MR) is 147 cm³/mol. The Hall–Kier alpha value is -4.18. The van der Waals surface area contributed by atoms with Crippen molar-refractivity contribution in [2.75, 3.05) is 17.2 Å². The molecule has 0 radical (unpaired) electrons. The van der Waals surface area contributed by atoms with E-state index >= 15 is 0 Å². The van der Waals surface area contributed by atoms with Crippen LogP contribution >= 0.6 is 11.5 Å². The standard InChI is InChI=1S/C27H30N6O3S/c1-15(2)12-13-30-26(35)23(19-14-31-20-7-5-4-6-18(19)20)33(17-10-8-16(3)9-11-17)27(36)24-21(28)22(25(29)34)32-37-24/h4-11,14-15,23,31H,12-13,28H2,1-3H3,(H2,29,34)(H,30,35)/t23-/m1/s1. The van der Waals surface area contributed by atoms with Crippen molar-refractivity contribution in [1.29, 1.82) is 0 Å². The van der Waals surface area contributed by atoms with E-state index in [9.17, 15) is 14.4 Å². The molecule has 0 bridgehead atoms. The van der Waals surface area contributed by atoms with E-state index in [1.54, 1.807) is 18.3 Å². The first-order chi connectivity index (χ1) is 17.7. The number of aryl methyl sites for hydroxylation is 1. The summed E-state index contributed by atoms with van der Waals surface area (Å²) in [7, 11) is 0. The van der Waals surface area contributed by atoms with Crippen LogP contribution in [0.3, 0.4) is 0 Å². The molecule has 0 aliphatic heterocycles. The van der Waals surface area contributed by atoms with E-state index in [0.29, 0.717) is 23.7 Å². The molecule has 6 N–H and O–H groups in total. The molecule has 3 amide bonds. The average molecular weight is 519 g/mol. The number of amides is 3. The molecule has 2 heterocycles. The largest absolute Gasteiger partial charge is 0.395 e. The van der Waals surface area contributed by atoms with Crippen molar-refractivity contribution in [3.63, 3.8) is 0 Å². The highest BCUT2D eigenvalue weighted by atomic mass is 32.1. The lowest BCUT2D eigenvalue weighted by Crippen LogP contribution is -2.44. The summed E-state index contributed by atoms with van der Waals surface area (Å²) in [6.07, 6.45) is 2.53. The number of para-hydroxylation sites is 1. The topological polar surface area (TPSA) is 147 Å². The second-order valence-corrected chi connectivity index (χ2v) is 10.1. The SMILES string of the molecule is Cc1ccc(N(C(=O)c2snc(C(N)=O)c2N)[C@@H](C(=O)NCCC(C)C)c2c[nH]c3ccccc23)cc1. The number of hydrogen-bond donors (Lipinski definition) is 4. The van der Waals surface area contributed by atoms with Gasteiger partial charge in [-0.2, -0.15) is 4.37 Å². The van der Waals surface area contributed by atoms with Crippen LogP contribution in [0, 0.1) is 12.8 Å². The summed E-state index contributed by atoms with van der Waals surface area (Å²) in [6, 6.07) is 13.8. The maximum absolute atomic E-state index is 14.1. The van der Waals surface area contributed by atoms with Gasteiger partial charge < -0.3 is 21.8 Å². The normalized spacial score (nSPS) is 12.0. The zero-order valence-corrected chi connectivity index (χ0v) is 21.8. The maximum atomic E-state index is 14.1. The number of H-pyrrole nitrogens is 1. The Bertz CT molecular complexity index is 1440. The molecule has 37 heavy (non-hydrogen) atoms. The van der Waals surface area contributed by atoms with Crippen molar-refractivity contribution < 1.29 is 14.4 Å². The molecule has 0 spiro atoms. The lowest BCUT2D eigenvalue weighted by Gasteiger charge is -2.31. The number of hydrogen-bond acceptors (Lipinski definition) is 6. The molecule has 0 fully saturated rings. The highest BCUT2D eigenvalue weighted by molar-refractivity contribution is 7.09. The van der Waals surface area contributed by atoms with Gasteiger partial charge in [0.05, 0.1) is 5.69 Å². The molecule has 0 aliphatic rings. The van der Waals surface area contributed by atoms with Crippen molar-refractivity contribution in [2.45, 2.75) is 33.2 Å². The van der Waals surface area contributed by atoms with Gasteiger partial charge in [-0.05, 0) is 49.0 Å². The third-order valence-corrected chi connectivity index (χ3v) is 6.98. The number of nitrogen functional groups attached to an aromatic ring is 1. The number of anilines is 2. The molecule has 4 aromatic rings. The number of nitrogens with zero attached hydrogens (tertiary/aromatic N) is 2. The molecular formula is C27H30N6O3S. The number of carbonyl (C=O) groups excluding carboxylic acids is 3. The third-order valence-electron chi connectivity index (χ3n) is 6.13. The molecule has 0 aliphatic carbocycles. The van der Waals surface area contributed by atoms with Gasteiger partial charge in [-0.25, -0.2) is 0 Å². The van der Waals surface area contributed by atoms with Crippen molar-refractivity contribution >= 4 is 51.5 Å². The van der Waals surface area contributed by atoms with Gasteiger partial charge in [0, 0.05) is 34.9 Å². The van der Waals surface area contributed by atoms with Gasteiger partial charge in [-0.1, -0.05) is 49.7 Å². The number of fused-ring (bicyclic) bond motifs is 1. The molecule has 9 nitrogen and oxygen atoms in total. The molecular weight excluding hydrogens is 488 g/mol. The quantitative estimate of drug-likeness (QED) is 0.263. The van der Waals surface area contributed by atoms with Gasteiger partial charge in [-0.3, -0.25) is 19.3 Å². The van der Waals surface area contributed by atoms with Crippen LogP contribution in [-0.2, 0) is 4.79 Å². The summed E-state index contributed by atoms with van der Waals surface area (Å²) in [6.45, 7) is 6.55. The molecule has 0 saturated carbocycles. The minimum absolute atomic E-state index is 0.0363. The fourth-order valence-electron chi connectivity index (χ4n) is 4.13. The fourth-order valence-corrected chi connectivity index (χ4v) is 4.87. The zero-order chi connectivity index (χ0) is 26.7. The molecule has 2 aromatic carbocycles. The van der Waals surface area contributed by atoms with Crippen LogP contribution in [0.5, 0.6) is 0 Å². The highest BCUT2D eigenvalue weighted by Crippen LogP contribution is 2.36. The molecule has 10 heteroatoms. The summed E-state index contributed by atoms with van der Waals surface area (Å²) in [4.78, 5) is 44.4. The van der Waals surface area contributed by atoms with Gasteiger partial charge in [0.1, 0.15) is 10.9 Å². The lowest BCUT2D eigenvalue weighted by atomic mass is 10.0. The summed E-state index contributed by atoms with van der Waals surface area (Å²) < 4.78 is 4.00. The van der Waals surface area contributed by atoms with Crippen LogP contribution in [0.4, 0.5) is 11.4 Å². The van der Waals surface area contributed by atoms with Crippen LogP contribution in [0.1, 0.15) is 57.6 Å². The monoisotopic (exact) mass is 518 g/mol. The molecule has 4 rings (SSSR count). The van der Waals surface area contributed by atoms with Crippen molar-refractivity contribution in [3.8, 4) is 0 Å². The Labute approximate surface area is 219 Å². The van der Waals surface area contributed by atoms with E-state index in [2.05, 4.69) is 28.5 Å². The Morgan fingerprint density at radius 3 is 2.46 bits per heavy atom. The van der Waals surface area contributed by atoms with E-state index in [1.807, 2.05) is 43.3 Å². The lowest BCUT2D eigenvalue weighted by molar-refractivity contribution is -0.122. The van der Waals surface area contributed by atoms with Crippen LogP contribution < -0.4 is 21.7 Å². The maximum Gasteiger partial charge on any atom is 0.273 e. The van der Waals surface area contributed by atoms with Gasteiger partial charge in [-0.15, -0.1) is 0 Å². The molecule has 0 saturated heterocycles. The van der Waals surface area contributed by atoms with Gasteiger partial charge >= 0.3 is 0 Å². The zero-order valence-electron chi connectivity index (χ0n) is 20.9. The summed E-state index contributed by atoms with van der Waals surface area (Å²) in [5.74, 6) is -1.32. The van der Waals surface area contributed by atoms with E-state index < -0.39 is 17.9 Å². The summed E-state index contributed by atoms with van der Waals surface area (Å²) in [5.41, 5.74) is 14.2. The van der Waals surface area contributed by atoms with E-state index in [1.165, 1.54) is 4.90 Å². The van der Waals surface area contributed by atoms with Crippen molar-refractivity contribution in [3.05, 3.63) is 76.4 Å². The molecule has 192 valence electrons. The number of aromatic amines is 1. The first-order valence-corrected chi connectivity index (χ1v) is 12.7. The van der Waals surface area contributed by atoms with E-state index in [4.69, 9.17) is 11.5 Å². The average Bonchev–Trinajstić information content (AvgIpc) is 3.46. The minimum Gasteiger partial charge on any atom is -0.395 e. The highest BCUT2D eigenvalue weighted by Gasteiger charge is 2.37. The number of nitrogens with one attached hydrogen (secondary N) is 2. The Kier molecular flexibility index (Phi) is 7.58. The predicted octanol–water partition coefficient (Wildman–Crippen LogP) is 4.16. The summed E-state index contributed by atoms with van der Waals surface area (Å²) in [5, 5.41) is 3.82. The fraction of sp³-hybridized carbons (Fsp3) is 0.259. The van der Waals surface area contributed by atoms with Crippen LogP contribution in [0.25, 0.3) is 10.9 Å². The van der Waals surface area contributed by atoms with Crippen molar-refractivity contribution in [2.24, 2.45) is 11.7 Å². The Balaban J connectivity index is 1.89. The van der Waals surface area contributed by atoms with Gasteiger partial charge in [0.25, 0.3) is 11.8 Å². The van der Waals surface area contributed by atoms with Gasteiger partial charge in [0.2, 0.25) is 5.91 Å². The number of primary amides is 1. The smallest absolute Gasteiger partial charge is 0.273 e.